The molecule has 0 heterocycles. The minimum atomic E-state index is -5.26. The van der Waals surface area contributed by atoms with Crippen LogP contribution in [0.3, 0.4) is 0 Å². The van der Waals surface area contributed by atoms with Crippen LogP contribution in [-0.4, -0.2) is 30.0 Å². The lowest BCUT2D eigenvalue weighted by Crippen LogP contribution is -2.20. The van der Waals surface area contributed by atoms with Gasteiger partial charge in [-0.15, -0.1) is 0 Å². The molecule has 0 aromatic heterocycles. The molecule has 0 fully saturated rings. The van der Waals surface area contributed by atoms with Gasteiger partial charge < -0.3 is 4.89 Å². The van der Waals surface area contributed by atoms with Crippen molar-refractivity contribution in [2.75, 3.05) is 12.8 Å². The molecule has 0 aromatic rings. The number of alkyl halides is 6. The van der Waals surface area contributed by atoms with Crippen LogP contribution in [0.5, 0.6) is 0 Å². The molecule has 14 heavy (non-hydrogen) atoms. The van der Waals surface area contributed by atoms with Gasteiger partial charge in [0.2, 0.25) is 0 Å². The van der Waals surface area contributed by atoms with Gasteiger partial charge in [-0.2, -0.15) is 26.3 Å². The van der Waals surface area contributed by atoms with Gasteiger partial charge in [-0.05, 0) is 0 Å². The van der Waals surface area contributed by atoms with Crippen LogP contribution in [0.2, 0.25) is 0 Å². The van der Waals surface area contributed by atoms with Gasteiger partial charge in [0.1, 0.15) is 6.16 Å². The Labute approximate surface area is 74.2 Å². The van der Waals surface area contributed by atoms with Crippen LogP contribution in [0, 0.1) is 0 Å². The smallest absolute Gasteiger partial charge is 0.324 e. The van der Waals surface area contributed by atoms with E-state index in [4.69, 9.17) is 4.89 Å². The average Bonchev–Trinajstić information content (AvgIpc) is 1.76. The molecule has 86 valence electrons. The van der Waals surface area contributed by atoms with E-state index in [1.54, 1.807) is 0 Å². The summed E-state index contributed by atoms with van der Waals surface area (Å²) in [5, 5.41) is 0. The standard InChI is InChI=1S/C4H5F6O3P/c5-3(6,7)1-13-14(11,12)2-4(8,9)10/h1-2H2,(H,11,12). The predicted molar refractivity (Wildman–Crippen MR) is 32.8 cm³/mol. The molecule has 3 nitrogen and oxygen atoms in total. The summed E-state index contributed by atoms with van der Waals surface area (Å²) < 4.78 is 82.2. The topological polar surface area (TPSA) is 46.5 Å². The van der Waals surface area contributed by atoms with Gasteiger partial charge in [0.15, 0.2) is 6.61 Å². The second-order valence-corrected chi connectivity index (χ2v) is 4.15. The van der Waals surface area contributed by atoms with Crippen LogP contribution in [-0.2, 0) is 9.09 Å². The molecule has 1 N–H and O–H groups in total. The van der Waals surface area contributed by atoms with Crippen LogP contribution in [0.25, 0.3) is 0 Å². The Hall–Kier alpha value is -0.270. The highest BCUT2D eigenvalue weighted by atomic mass is 31.2. The fourth-order valence-electron chi connectivity index (χ4n) is 0.446. The van der Waals surface area contributed by atoms with Crippen LogP contribution in [0.15, 0.2) is 0 Å². The maximum absolute atomic E-state index is 11.5. The summed E-state index contributed by atoms with van der Waals surface area (Å²) in [5.41, 5.74) is 0. The second-order valence-electron chi connectivity index (χ2n) is 2.30. The highest BCUT2D eigenvalue weighted by Crippen LogP contribution is 2.47. The molecule has 0 saturated heterocycles. The van der Waals surface area contributed by atoms with E-state index in [0.717, 1.165) is 0 Å². The second kappa shape index (κ2) is 4.08. The van der Waals surface area contributed by atoms with Crippen molar-refractivity contribution in [3.8, 4) is 0 Å². The third kappa shape index (κ3) is 8.33. The van der Waals surface area contributed by atoms with Crippen molar-refractivity contribution in [3.05, 3.63) is 0 Å². The highest BCUT2D eigenvalue weighted by Gasteiger charge is 2.41. The van der Waals surface area contributed by atoms with Crippen molar-refractivity contribution in [3.63, 3.8) is 0 Å². The molecule has 0 aliphatic heterocycles. The fourth-order valence-corrected chi connectivity index (χ4v) is 1.34. The van der Waals surface area contributed by atoms with Crippen molar-refractivity contribution in [1.82, 2.24) is 0 Å². The van der Waals surface area contributed by atoms with E-state index in [9.17, 15) is 30.9 Å². The van der Waals surface area contributed by atoms with E-state index in [-0.39, 0.29) is 0 Å². The first-order chi connectivity index (χ1) is 5.91. The Bertz CT molecular complexity index is 232. The first-order valence-corrected chi connectivity index (χ1v) is 4.77. The lowest BCUT2D eigenvalue weighted by molar-refractivity contribution is -0.157. The normalized spacial score (nSPS) is 17.9. The molecule has 0 rings (SSSR count). The van der Waals surface area contributed by atoms with E-state index < -0.39 is 32.7 Å². The molecular weight excluding hydrogens is 241 g/mol. The van der Waals surface area contributed by atoms with E-state index >= 15 is 0 Å². The zero-order valence-corrected chi connectivity index (χ0v) is 7.29. The van der Waals surface area contributed by atoms with Gasteiger partial charge in [0.05, 0.1) is 0 Å². The summed E-state index contributed by atoms with van der Waals surface area (Å²) in [5.74, 6) is 0. The summed E-state index contributed by atoms with van der Waals surface area (Å²) in [6.45, 7) is -2.18. The van der Waals surface area contributed by atoms with Gasteiger partial charge in [-0.3, -0.25) is 9.09 Å². The Kier molecular flexibility index (Phi) is 4.00. The minimum absolute atomic E-state index is 2.18. The number of hydrogen-bond acceptors (Lipinski definition) is 2. The fraction of sp³-hybridized carbons (Fsp3) is 1.00. The molecule has 1 unspecified atom stereocenters. The summed E-state index contributed by atoms with van der Waals surface area (Å²) in [7, 11) is -5.26. The largest absolute Gasteiger partial charge is 0.412 e. The van der Waals surface area contributed by atoms with Crippen LogP contribution in [0.4, 0.5) is 26.3 Å². The first-order valence-electron chi connectivity index (χ1n) is 3.01. The maximum atomic E-state index is 11.5. The molecule has 0 radical (unpaired) electrons. The maximum Gasteiger partial charge on any atom is 0.412 e. The number of rotatable bonds is 3. The van der Waals surface area contributed by atoms with Gasteiger partial charge >= 0.3 is 19.9 Å². The van der Waals surface area contributed by atoms with E-state index in [1.807, 2.05) is 0 Å². The van der Waals surface area contributed by atoms with Crippen molar-refractivity contribution in [2.24, 2.45) is 0 Å². The molecule has 0 aromatic carbocycles. The van der Waals surface area contributed by atoms with Crippen molar-refractivity contribution >= 4 is 7.60 Å². The Morgan fingerprint density at radius 3 is 1.79 bits per heavy atom. The number of hydrogen-bond donors (Lipinski definition) is 1. The highest BCUT2D eigenvalue weighted by molar-refractivity contribution is 7.52. The van der Waals surface area contributed by atoms with Crippen molar-refractivity contribution in [1.29, 1.82) is 0 Å². The summed E-state index contributed by atoms with van der Waals surface area (Å²) in [6, 6.07) is 0. The predicted octanol–water partition coefficient (Wildman–Crippen LogP) is 2.31. The van der Waals surface area contributed by atoms with Crippen LogP contribution in [0.1, 0.15) is 0 Å². The Morgan fingerprint density at radius 2 is 1.50 bits per heavy atom. The number of halogens is 6. The molecule has 1 atom stereocenters. The minimum Gasteiger partial charge on any atom is -0.324 e. The van der Waals surface area contributed by atoms with Crippen LogP contribution >= 0.6 is 7.60 Å². The molecule has 0 saturated carbocycles. The zero-order valence-electron chi connectivity index (χ0n) is 6.39. The van der Waals surface area contributed by atoms with Crippen molar-refractivity contribution < 1.29 is 40.3 Å². The average molecular weight is 246 g/mol. The lowest BCUT2D eigenvalue weighted by atomic mass is 10.7. The lowest BCUT2D eigenvalue weighted by Gasteiger charge is -2.14. The van der Waals surface area contributed by atoms with E-state index in [0.29, 0.717) is 0 Å². The molecule has 10 heteroatoms. The molecule has 0 aliphatic rings. The summed E-state index contributed by atoms with van der Waals surface area (Å²) in [6.07, 6.45) is -12.3. The van der Waals surface area contributed by atoms with Gasteiger partial charge in [-0.25, -0.2) is 0 Å². The van der Waals surface area contributed by atoms with E-state index in [1.165, 1.54) is 0 Å². The van der Waals surface area contributed by atoms with Crippen molar-refractivity contribution in [2.45, 2.75) is 12.4 Å². The van der Waals surface area contributed by atoms with Crippen LogP contribution < -0.4 is 0 Å². The molecule has 0 aliphatic carbocycles. The third-order valence-corrected chi connectivity index (χ3v) is 2.10. The zero-order chi connectivity index (χ0) is 11.6. The molecule has 0 spiro atoms. The SMILES string of the molecule is O=P(O)(CC(F)(F)F)OCC(F)(F)F. The summed E-state index contributed by atoms with van der Waals surface area (Å²) in [4.78, 5) is 8.33. The van der Waals surface area contributed by atoms with E-state index in [2.05, 4.69) is 4.52 Å². The third-order valence-electron chi connectivity index (χ3n) is 0.809. The Balaban J connectivity index is 4.17. The molecular formula is C4H5F6O3P. The Morgan fingerprint density at radius 1 is 1.07 bits per heavy atom. The monoisotopic (exact) mass is 246 g/mol. The molecule has 0 bridgehead atoms. The first kappa shape index (κ1) is 13.7. The van der Waals surface area contributed by atoms with Gasteiger partial charge in [0.25, 0.3) is 0 Å². The quantitative estimate of drug-likeness (QED) is 0.613. The van der Waals surface area contributed by atoms with Gasteiger partial charge in [-0.1, -0.05) is 0 Å². The molecule has 0 amide bonds. The van der Waals surface area contributed by atoms with Gasteiger partial charge in [0, 0.05) is 0 Å². The summed E-state index contributed by atoms with van der Waals surface area (Å²) >= 11 is 0.